The first-order valence-electron chi connectivity index (χ1n) is 10.8. The van der Waals surface area contributed by atoms with Crippen LogP contribution in [0.2, 0.25) is 5.02 Å². The van der Waals surface area contributed by atoms with E-state index in [1.807, 2.05) is 43.3 Å². The predicted octanol–water partition coefficient (Wildman–Crippen LogP) is 4.11. The maximum atomic E-state index is 12.5. The van der Waals surface area contributed by atoms with Crippen molar-refractivity contribution >= 4 is 17.5 Å². The number of carbonyl (C=O) groups is 1. The third-order valence-electron chi connectivity index (χ3n) is 5.58. The standard InChI is InChI=1S/C24H27ClN4O3/c1-17-2-8-21(9-3-17)31-15-12-26-24(30)19-10-13-29(14-11-19)16-22-27-23(28-32-22)18-4-6-20(25)7-5-18/h2-9,19H,10-16H2,1H3,(H,26,30). The zero-order chi connectivity index (χ0) is 22.3. The van der Waals surface area contributed by atoms with Crippen LogP contribution in [-0.4, -0.2) is 47.2 Å². The summed E-state index contributed by atoms with van der Waals surface area (Å²) in [6.45, 7) is 5.21. The van der Waals surface area contributed by atoms with E-state index in [-0.39, 0.29) is 11.8 Å². The van der Waals surface area contributed by atoms with Crippen LogP contribution in [0.15, 0.2) is 53.1 Å². The fraction of sp³-hybridized carbons (Fsp3) is 0.375. The minimum Gasteiger partial charge on any atom is -0.492 e. The third kappa shape index (κ3) is 6.08. The quantitative estimate of drug-likeness (QED) is 0.516. The van der Waals surface area contributed by atoms with Gasteiger partial charge in [-0.2, -0.15) is 4.98 Å². The van der Waals surface area contributed by atoms with Crippen molar-refractivity contribution in [3.63, 3.8) is 0 Å². The number of aromatic nitrogens is 2. The molecule has 0 bridgehead atoms. The molecule has 3 aromatic rings. The fourth-order valence-corrected chi connectivity index (χ4v) is 3.83. The van der Waals surface area contributed by atoms with Gasteiger partial charge in [0, 0.05) is 16.5 Å². The molecule has 7 nitrogen and oxygen atoms in total. The van der Waals surface area contributed by atoms with Crippen LogP contribution in [0.4, 0.5) is 0 Å². The van der Waals surface area contributed by atoms with E-state index in [0.29, 0.717) is 36.4 Å². The molecule has 168 valence electrons. The van der Waals surface area contributed by atoms with Crippen molar-refractivity contribution in [2.75, 3.05) is 26.2 Å². The highest BCUT2D eigenvalue weighted by Crippen LogP contribution is 2.21. The molecule has 4 rings (SSSR count). The van der Waals surface area contributed by atoms with E-state index in [2.05, 4.69) is 20.4 Å². The van der Waals surface area contributed by atoms with Crippen molar-refractivity contribution in [2.45, 2.75) is 26.3 Å². The normalized spacial score (nSPS) is 14.9. The maximum Gasteiger partial charge on any atom is 0.241 e. The van der Waals surface area contributed by atoms with Gasteiger partial charge in [-0.25, -0.2) is 0 Å². The number of likely N-dealkylation sites (tertiary alicyclic amines) is 1. The summed E-state index contributed by atoms with van der Waals surface area (Å²) in [5.41, 5.74) is 2.06. The first-order chi connectivity index (χ1) is 15.6. The number of rotatable bonds is 8. The number of benzene rings is 2. The SMILES string of the molecule is Cc1ccc(OCCNC(=O)C2CCN(Cc3nc(-c4ccc(Cl)cc4)no3)CC2)cc1. The number of hydrogen-bond donors (Lipinski definition) is 1. The number of carbonyl (C=O) groups excluding carboxylic acids is 1. The van der Waals surface area contributed by atoms with Crippen molar-refractivity contribution in [3.8, 4) is 17.1 Å². The Morgan fingerprint density at radius 2 is 1.88 bits per heavy atom. The van der Waals surface area contributed by atoms with Gasteiger partial charge in [-0.15, -0.1) is 0 Å². The van der Waals surface area contributed by atoms with E-state index in [9.17, 15) is 4.79 Å². The summed E-state index contributed by atoms with van der Waals surface area (Å²) in [5.74, 6) is 2.07. The van der Waals surface area contributed by atoms with E-state index in [1.54, 1.807) is 12.1 Å². The van der Waals surface area contributed by atoms with Crippen LogP contribution in [0.25, 0.3) is 11.4 Å². The van der Waals surface area contributed by atoms with Gasteiger partial charge in [0.1, 0.15) is 12.4 Å². The van der Waals surface area contributed by atoms with Crippen molar-refractivity contribution in [1.29, 1.82) is 0 Å². The van der Waals surface area contributed by atoms with E-state index in [0.717, 1.165) is 37.2 Å². The lowest BCUT2D eigenvalue weighted by Gasteiger charge is -2.30. The van der Waals surface area contributed by atoms with Crippen LogP contribution in [0.1, 0.15) is 24.3 Å². The molecular formula is C24H27ClN4O3. The number of piperidine rings is 1. The molecule has 1 N–H and O–H groups in total. The van der Waals surface area contributed by atoms with E-state index in [4.69, 9.17) is 20.9 Å². The van der Waals surface area contributed by atoms with Gasteiger partial charge in [0.2, 0.25) is 17.6 Å². The molecule has 2 heterocycles. The Morgan fingerprint density at radius 3 is 2.59 bits per heavy atom. The topological polar surface area (TPSA) is 80.5 Å². The number of amides is 1. The lowest BCUT2D eigenvalue weighted by molar-refractivity contribution is -0.126. The van der Waals surface area contributed by atoms with Gasteiger partial charge in [-0.3, -0.25) is 9.69 Å². The van der Waals surface area contributed by atoms with Crippen LogP contribution < -0.4 is 10.1 Å². The van der Waals surface area contributed by atoms with Gasteiger partial charge in [0.25, 0.3) is 0 Å². The summed E-state index contributed by atoms with van der Waals surface area (Å²) < 4.78 is 11.1. The van der Waals surface area contributed by atoms with E-state index >= 15 is 0 Å². The number of nitrogens with zero attached hydrogens (tertiary/aromatic N) is 3. The Kier molecular flexibility index (Phi) is 7.39. The molecule has 0 spiro atoms. The largest absolute Gasteiger partial charge is 0.492 e. The highest BCUT2D eigenvalue weighted by molar-refractivity contribution is 6.30. The number of ether oxygens (including phenoxy) is 1. The Morgan fingerprint density at radius 1 is 1.16 bits per heavy atom. The molecule has 1 amide bonds. The molecule has 2 aromatic carbocycles. The highest BCUT2D eigenvalue weighted by atomic mass is 35.5. The first-order valence-corrected chi connectivity index (χ1v) is 11.2. The number of halogens is 1. The summed E-state index contributed by atoms with van der Waals surface area (Å²) in [4.78, 5) is 19.2. The highest BCUT2D eigenvalue weighted by Gasteiger charge is 2.25. The lowest BCUT2D eigenvalue weighted by Crippen LogP contribution is -2.41. The van der Waals surface area contributed by atoms with Crippen LogP contribution in [-0.2, 0) is 11.3 Å². The zero-order valence-corrected chi connectivity index (χ0v) is 18.8. The average Bonchev–Trinajstić information content (AvgIpc) is 3.27. The summed E-state index contributed by atoms with van der Waals surface area (Å²) in [5, 5.41) is 7.72. The molecule has 0 radical (unpaired) electrons. The summed E-state index contributed by atoms with van der Waals surface area (Å²) in [7, 11) is 0. The Hall–Kier alpha value is -2.90. The maximum absolute atomic E-state index is 12.5. The van der Waals surface area contributed by atoms with Crippen LogP contribution in [0, 0.1) is 12.8 Å². The average molecular weight is 455 g/mol. The fourth-order valence-electron chi connectivity index (χ4n) is 3.70. The van der Waals surface area contributed by atoms with E-state index < -0.39 is 0 Å². The predicted molar refractivity (Wildman–Crippen MR) is 122 cm³/mol. The molecule has 0 aliphatic carbocycles. The molecular weight excluding hydrogens is 428 g/mol. The van der Waals surface area contributed by atoms with Crippen LogP contribution >= 0.6 is 11.6 Å². The van der Waals surface area contributed by atoms with Crippen LogP contribution in [0.3, 0.4) is 0 Å². The second-order valence-corrected chi connectivity index (χ2v) is 8.46. The molecule has 0 unspecified atom stereocenters. The van der Waals surface area contributed by atoms with Crippen LogP contribution in [0.5, 0.6) is 5.75 Å². The van der Waals surface area contributed by atoms with Gasteiger partial charge >= 0.3 is 0 Å². The van der Waals surface area contributed by atoms with Gasteiger partial charge in [0.05, 0.1) is 13.1 Å². The van der Waals surface area contributed by atoms with Gasteiger partial charge in [0.15, 0.2) is 0 Å². The summed E-state index contributed by atoms with van der Waals surface area (Å²) in [6, 6.07) is 15.2. The van der Waals surface area contributed by atoms with E-state index in [1.165, 1.54) is 5.56 Å². The van der Waals surface area contributed by atoms with Gasteiger partial charge in [-0.1, -0.05) is 34.5 Å². The molecule has 1 aliphatic rings. The first kappa shape index (κ1) is 22.3. The van der Waals surface area contributed by atoms with Crippen molar-refractivity contribution < 1.29 is 14.1 Å². The van der Waals surface area contributed by atoms with Gasteiger partial charge in [-0.05, 0) is 69.3 Å². The molecule has 1 saturated heterocycles. The summed E-state index contributed by atoms with van der Waals surface area (Å²) in [6.07, 6.45) is 1.62. The minimum absolute atomic E-state index is 0.0259. The molecule has 0 atom stereocenters. The molecule has 8 heteroatoms. The number of aryl methyl sites for hydroxylation is 1. The minimum atomic E-state index is 0.0259. The molecule has 32 heavy (non-hydrogen) atoms. The lowest BCUT2D eigenvalue weighted by atomic mass is 9.96. The summed E-state index contributed by atoms with van der Waals surface area (Å²) >= 11 is 5.93. The van der Waals surface area contributed by atoms with Crippen molar-refractivity contribution in [1.82, 2.24) is 20.4 Å². The third-order valence-corrected chi connectivity index (χ3v) is 5.83. The van der Waals surface area contributed by atoms with Crippen molar-refractivity contribution in [2.24, 2.45) is 5.92 Å². The second-order valence-electron chi connectivity index (χ2n) is 8.02. The molecule has 1 aliphatic heterocycles. The van der Waals surface area contributed by atoms with Gasteiger partial charge < -0.3 is 14.6 Å². The molecule has 1 aromatic heterocycles. The van der Waals surface area contributed by atoms with Crippen molar-refractivity contribution in [3.05, 3.63) is 65.0 Å². The number of nitrogens with one attached hydrogen (secondary N) is 1. The molecule has 1 fully saturated rings. The monoisotopic (exact) mass is 454 g/mol. The number of hydrogen-bond acceptors (Lipinski definition) is 6. The Labute approximate surface area is 192 Å². The second kappa shape index (κ2) is 10.6. The zero-order valence-electron chi connectivity index (χ0n) is 18.1. The smallest absolute Gasteiger partial charge is 0.241 e. The Balaban J connectivity index is 1.17. The molecule has 0 saturated carbocycles. The Bertz CT molecular complexity index is 1010.